The van der Waals surface area contributed by atoms with Crippen molar-refractivity contribution in [3.8, 4) is 0 Å². The zero-order chi connectivity index (χ0) is 27.1. The van der Waals surface area contributed by atoms with Crippen LogP contribution in [0.25, 0.3) is 0 Å². The number of benzene rings is 3. The Morgan fingerprint density at radius 3 is 2.23 bits per heavy atom. The Morgan fingerprint density at radius 1 is 0.949 bits per heavy atom. The van der Waals surface area contributed by atoms with Gasteiger partial charge in [-0.15, -0.1) is 11.8 Å². The second kappa shape index (κ2) is 10.3. The monoisotopic (exact) mass is 561 g/mol. The van der Waals surface area contributed by atoms with E-state index in [-0.39, 0.29) is 29.6 Å². The minimum Gasteiger partial charge on any atom is -0.394 e. The van der Waals surface area contributed by atoms with Gasteiger partial charge in [-0.05, 0) is 54.8 Å². The Bertz CT molecular complexity index is 1390. The standard InChI is InChI=1S/C30H28ClN3O4S/c31-19-11-13-21(14-12-19)33-28(37)26-30-16-15-23(39-30)24(27(36)32-20-9-5-2-6-10-20)25(30)29(38)34(26)22(17-35)18-7-3-1-4-8-18/h1-14,22-26,35H,15-17H2,(H,32,36)(H,33,37)/t22-,23-,24+,25+,26?,30?/m1/s1. The van der Waals surface area contributed by atoms with Crippen LogP contribution in [-0.4, -0.2) is 50.4 Å². The maximum Gasteiger partial charge on any atom is 0.248 e. The van der Waals surface area contributed by atoms with E-state index in [4.69, 9.17) is 11.6 Å². The number of carbonyl (C=O) groups excluding carboxylic acids is 3. The third-order valence-electron chi connectivity index (χ3n) is 8.14. The number of nitrogens with zero attached hydrogens (tertiary/aromatic N) is 1. The Balaban J connectivity index is 1.39. The molecule has 3 amide bonds. The van der Waals surface area contributed by atoms with Gasteiger partial charge in [0.25, 0.3) is 0 Å². The number of aliphatic hydroxyl groups excluding tert-OH is 1. The lowest BCUT2D eigenvalue weighted by Gasteiger charge is -2.37. The highest BCUT2D eigenvalue weighted by molar-refractivity contribution is 8.02. The molecule has 1 spiro atoms. The molecular formula is C30H28ClN3O4S. The first-order chi connectivity index (χ1) is 18.9. The molecular weight excluding hydrogens is 534 g/mol. The van der Waals surface area contributed by atoms with Gasteiger partial charge in [-0.3, -0.25) is 14.4 Å². The van der Waals surface area contributed by atoms with E-state index < -0.39 is 28.7 Å². The summed E-state index contributed by atoms with van der Waals surface area (Å²) in [7, 11) is 0. The van der Waals surface area contributed by atoms with Crippen LogP contribution in [-0.2, 0) is 14.4 Å². The molecule has 3 aliphatic rings. The van der Waals surface area contributed by atoms with Gasteiger partial charge in [0.1, 0.15) is 6.04 Å². The summed E-state index contributed by atoms with van der Waals surface area (Å²) >= 11 is 7.63. The highest BCUT2D eigenvalue weighted by Crippen LogP contribution is 2.67. The molecule has 2 bridgehead atoms. The molecule has 3 aromatic carbocycles. The summed E-state index contributed by atoms with van der Waals surface area (Å²) in [5.41, 5.74) is 1.97. The number of likely N-dealkylation sites (tertiary alicyclic amines) is 1. The molecule has 3 saturated heterocycles. The first-order valence-corrected chi connectivity index (χ1v) is 14.3. The van der Waals surface area contributed by atoms with Crippen molar-refractivity contribution in [2.24, 2.45) is 11.8 Å². The Morgan fingerprint density at radius 2 is 1.56 bits per heavy atom. The van der Waals surface area contributed by atoms with Crippen molar-refractivity contribution in [1.29, 1.82) is 0 Å². The number of fused-ring (bicyclic) bond motifs is 1. The summed E-state index contributed by atoms with van der Waals surface area (Å²) in [4.78, 5) is 43.6. The van der Waals surface area contributed by atoms with E-state index in [1.54, 1.807) is 40.9 Å². The van der Waals surface area contributed by atoms with Gasteiger partial charge in [0, 0.05) is 21.6 Å². The van der Waals surface area contributed by atoms with Crippen LogP contribution in [0.15, 0.2) is 84.9 Å². The number of thioether (sulfide) groups is 1. The maximum atomic E-state index is 14.3. The van der Waals surface area contributed by atoms with Crippen molar-refractivity contribution in [3.63, 3.8) is 0 Å². The molecule has 0 aliphatic carbocycles. The van der Waals surface area contributed by atoms with Gasteiger partial charge in [-0.1, -0.05) is 60.1 Å². The predicted octanol–water partition coefficient (Wildman–Crippen LogP) is 4.74. The van der Waals surface area contributed by atoms with E-state index in [0.29, 0.717) is 22.8 Å². The van der Waals surface area contributed by atoms with E-state index in [0.717, 1.165) is 12.0 Å². The van der Waals surface area contributed by atoms with Crippen molar-refractivity contribution in [2.75, 3.05) is 17.2 Å². The fourth-order valence-corrected chi connectivity index (χ4v) is 8.88. The highest BCUT2D eigenvalue weighted by atomic mass is 35.5. The van der Waals surface area contributed by atoms with E-state index in [2.05, 4.69) is 10.6 Å². The summed E-state index contributed by atoms with van der Waals surface area (Å²) in [5, 5.41) is 17.0. The molecule has 0 saturated carbocycles. The van der Waals surface area contributed by atoms with Gasteiger partial charge >= 0.3 is 0 Å². The number of halogens is 1. The number of anilines is 2. The Hall–Kier alpha value is -3.33. The zero-order valence-corrected chi connectivity index (χ0v) is 22.6. The molecule has 3 N–H and O–H groups in total. The largest absolute Gasteiger partial charge is 0.394 e. The first kappa shape index (κ1) is 25.9. The summed E-state index contributed by atoms with van der Waals surface area (Å²) in [5.74, 6) is -2.07. The predicted molar refractivity (Wildman–Crippen MR) is 152 cm³/mol. The Labute approximate surface area is 235 Å². The third kappa shape index (κ3) is 4.40. The van der Waals surface area contributed by atoms with E-state index >= 15 is 0 Å². The molecule has 3 heterocycles. The van der Waals surface area contributed by atoms with Gasteiger partial charge in [0.05, 0.1) is 29.2 Å². The topological polar surface area (TPSA) is 98.7 Å². The van der Waals surface area contributed by atoms with Crippen molar-refractivity contribution in [3.05, 3.63) is 95.5 Å². The number of carbonyl (C=O) groups is 3. The normalized spacial score (nSPS) is 27.7. The van der Waals surface area contributed by atoms with Crippen LogP contribution >= 0.6 is 23.4 Å². The number of rotatable bonds is 7. The number of hydrogen-bond acceptors (Lipinski definition) is 5. The molecule has 3 fully saturated rings. The van der Waals surface area contributed by atoms with Crippen LogP contribution in [0.4, 0.5) is 11.4 Å². The smallest absolute Gasteiger partial charge is 0.248 e. The third-order valence-corrected chi connectivity index (χ3v) is 10.3. The number of para-hydroxylation sites is 1. The molecule has 0 radical (unpaired) electrons. The summed E-state index contributed by atoms with van der Waals surface area (Å²) in [6.07, 6.45) is 1.37. The van der Waals surface area contributed by atoms with Crippen LogP contribution in [0.5, 0.6) is 0 Å². The van der Waals surface area contributed by atoms with E-state index in [1.165, 1.54) is 0 Å². The quantitative estimate of drug-likeness (QED) is 0.387. The lowest BCUT2D eigenvalue weighted by Crippen LogP contribution is -2.52. The number of aliphatic hydroxyl groups is 1. The molecule has 9 heteroatoms. The van der Waals surface area contributed by atoms with Gasteiger partial charge < -0.3 is 20.6 Å². The minimum absolute atomic E-state index is 0.0695. The minimum atomic E-state index is -0.868. The fraction of sp³-hybridized carbons (Fsp3) is 0.300. The Kier molecular flexibility index (Phi) is 6.87. The second-order valence-corrected chi connectivity index (χ2v) is 12.3. The molecule has 6 rings (SSSR count). The summed E-state index contributed by atoms with van der Waals surface area (Å²) in [6.45, 7) is -0.349. The average molecular weight is 562 g/mol. The molecule has 6 atom stereocenters. The van der Waals surface area contributed by atoms with Crippen LogP contribution in [0.3, 0.4) is 0 Å². The molecule has 0 aromatic heterocycles. The van der Waals surface area contributed by atoms with Gasteiger partial charge in [-0.25, -0.2) is 0 Å². The van der Waals surface area contributed by atoms with Crippen LogP contribution in [0.1, 0.15) is 24.4 Å². The average Bonchev–Trinajstić information content (AvgIpc) is 3.59. The zero-order valence-electron chi connectivity index (χ0n) is 21.0. The van der Waals surface area contributed by atoms with Crippen molar-refractivity contribution in [2.45, 2.75) is 34.9 Å². The molecule has 7 nitrogen and oxygen atoms in total. The van der Waals surface area contributed by atoms with Gasteiger partial charge in [-0.2, -0.15) is 0 Å². The van der Waals surface area contributed by atoms with Crippen LogP contribution in [0, 0.1) is 11.8 Å². The molecule has 3 aliphatic heterocycles. The van der Waals surface area contributed by atoms with E-state index in [9.17, 15) is 19.5 Å². The highest BCUT2D eigenvalue weighted by Gasteiger charge is 2.74. The fourth-order valence-electron chi connectivity index (χ4n) is 6.55. The molecule has 2 unspecified atom stereocenters. The number of nitrogens with one attached hydrogen (secondary N) is 2. The van der Waals surface area contributed by atoms with Crippen molar-refractivity contribution < 1.29 is 19.5 Å². The molecule has 200 valence electrons. The van der Waals surface area contributed by atoms with Gasteiger partial charge in [0.2, 0.25) is 17.7 Å². The number of hydrogen-bond donors (Lipinski definition) is 3. The SMILES string of the molecule is O=C(Nc1ccc(Cl)cc1)C1N([C@H](CO)c2ccccc2)C(=O)[C@@H]2[C@@H](C(=O)Nc3ccccc3)[C@H]3CCC12S3. The van der Waals surface area contributed by atoms with Crippen molar-refractivity contribution >= 4 is 52.5 Å². The van der Waals surface area contributed by atoms with Crippen molar-refractivity contribution in [1.82, 2.24) is 4.90 Å². The summed E-state index contributed by atoms with van der Waals surface area (Å²) < 4.78 is -0.779. The molecule has 3 aromatic rings. The summed E-state index contributed by atoms with van der Waals surface area (Å²) in [6, 6.07) is 23.7. The maximum absolute atomic E-state index is 14.3. The van der Waals surface area contributed by atoms with Crippen LogP contribution in [0.2, 0.25) is 5.02 Å². The lowest BCUT2D eigenvalue weighted by molar-refractivity contribution is -0.141. The molecule has 39 heavy (non-hydrogen) atoms. The van der Waals surface area contributed by atoms with E-state index in [1.807, 2.05) is 60.7 Å². The van der Waals surface area contributed by atoms with Crippen LogP contribution < -0.4 is 10.6 Å². The van der Waals surface area contributed by atoms with Gasteiger partial charge in [0.15, 0.2) is 0 Å². The lowest BCUT2D eigenvalue weighted by atomic mass is 9.70. The number of amides is 3. The second-order valence-electron chi connectivity index (χ2n) is 10.3. The first-order valence-electron chi connectivity index (χ1n) is 13.0.